The molecule has 28 heavy (non-hydrogen) atoms. The maximum absolute atomic E-state index is 13.2. The first-order valence-electron chi connectivity index (χ1n) is 9.84. The highest BCUT2D eigenvalue weighted by Crippen LogP contribution is 2.25. The summed E-state index contributed by atoms with van der Waals surface area (Å²) in [6.07, 6.45) is 0.919. The number of pyridine rings is 1. The molecular weight excluding hydrogens is 350 g/mol. The van der Waals surface area contributed by atoms with Crippen LogP contribution in [-0.2, 0) is 19.5 Å². The van der Waals surface area contributed by atoms with Crippen LogP contribution < -0.4 is 15.0 Å². The number of methoxy groups -OCH3 is 1. The minimum absolute atomic E-state index is 0.0250. The van der Waals surface area contributed by atoms with E-state index in [2.05, 4.69) is 12.2 Å². The lowest BCUT2D eigenvalue weighted by Crippen LogP contribution is -3.11. The SMILES string of the molecule is CC[NH+]1CCc2nc3ccccc3c(C(=O)NCc3ccc(OC)cc3)c2C1. The summed E-state index contributed by atoms with van der Waals surface area (Å²) >= 11 is 0. The molecule has 0 radical (unpaired) electrons. The third-order valence-corrected chi connectivity index (χ3v) is 5.56. The van der Waals surface area contributed by atoms with Gasteiger partial charge in [0.1, 0.15) is 12.3 Å². The molecule has 0 spiro atoms. The maximum Gasteiger partial charge on any atom is 0.252 e. The topological polar surface area (TPSA) is 55.7 Å². The predicted molar refractivity (Wildman–Crippen MR) is 110 cm³/mol. The Morgan fingerprint density at radius 3 is 2.71 bits per heavy atom. The standard InChI is InChI=1S/C23H25N3O2/c1-3-26-13-12-21-19(15-26)22(18-6-4-5-7-20(18)25-21)23(27)24-14-16-8-10-17(28-2)11-9-16/h4-11H,3,12-15H2,1-2H3,(H,24,27)/p+1. The number of para-hydroxylation sites is 1. The first-order valence-corrected chi connectivity index (χ1v) is 9.84. The van der Waals surface area contributed by atoms with Gasteiger partial charge in [0.25, 0.3) is 5.91 Å². The number of rotatable bonds is 5. The summed E-state index contributed by atoms with van der Waals surface area (Å²) in [6, 6.07) is 15.7. The van der Waals surface area contributed by atoms with E-state index >= 15 is 0 Å². The number of nitrogens with one attached hydrogen (secondary N) is 2. The van der Waals surface area contributed by atoms with Gasteiger partial charge < -0.3 is 15.0 Å². The summed E-state index contributed by atoms with van der Waals surface area (Å²) in [6.45, 7) is 5.66. The zero-order chi connectivity index (χ0) is 19.5. The number of aromatic nitrogens is 1. The summed E-state index contributed by atoms with van der Waals surface area (Å²) < 4.78 is 5.20. The lowest BCUT2D eigenvalue weighted by Gasteiger charge is -2.26. The summed E-state index contributed by atoms with van der Waals surface area (Å²) in [5.74, 6) is 0.787. The Kier molecular flexibility index (Phi) is 5.26. The van der Waals surface area contributed by atoms with Gasteiger partial charge in [-0.1, -0.05) is 30.3 Å². The summed E-state index contributed by atoms with van der Waals surface area (Å²) in [5.41, 5.74) is 4.91. The van der Waals surface area contributed by atoms with Gasteiger partial charge in [-0.05, 0) is 30.7 Å². The van der Waals surface area contributed by atoms with Crippen molar-refractivity contribution in [1.29, 1.82) is 0 Å². The molecule has 2 aromatic carbocycles. The maximum atomic E-state index is 13.2. The van der Waals surface area contributed by atoms with Gasteiger partial charge >= 0.3 is 0 Å². The summed E-state index contributed by atoms with van der Waals surface area (Å²) in [4.78, 5) is 19.6. The monoisotopic (exact) mass is 376 g/mol. The molecule has 5 nitrogen and oxygen atoms in total. The zero-order valence-corrected chi connectivity index (χ0v) is 16.4. The molecule has 3 aromatic rings. The van der Waals surface area contributed by atoms with Crippen LogP contribution in [0.2, 0.25) is 0 Å². The Balaban J connectivity index is 1.66. The Morgan fingerprint density at radius 2 is 1.96 bits per heavy atom. The molecule has 0 bridgehead atoms. The van der Waals surface area contributed by atoms with Crippen LogP contribution in [0.15, 0.2) is 48.5 Å². The molecular formula is C23H26N3O2+. The minimum Gasteiger partial charge on any atom is -0.497 e. The van der Waals surface area contributed by atoms with Crippen molar-refractivity contribution in [1.82, 2.24) is 10.3 Å². The normalized spacial score (nSPS) is 15.9. The van der Waals surface area contributed by atoms with Gasteiger partial charge in [0.2, 0.25) is 0 Å². The second-order valence-corrected chi connectivity index (χ2v) is 7.24. The number of amides is 1. The average Bonchev–Trinajstić information content (AvgIpc) is 2.75. The molecule has 1 aromatic heterocycles. The third kappa shape index (κ3) is 3.58. The average molecular weight is 376 g/mol. The van der Waals surface area contributed by atoms with Gasteiger partial charge in [-0.2, -0.15) is 0 Å². The van der Waals surface area contributed by atoms with Crippen LogP contribution in [0, 0.1) is 0 Å². The van der Waals surface area contributed by atoms with Crippen LogP contribution in [0.4, 0.5) is 0 Å². The highest BCUT2D eigenvalue weighted by molar-refractivity contribution is 6.07. The second kappa shape index (κ2) is 7.98. The number of nitrogens with zero attached hydrogens (tertiary/aromatic N) is 1. The van der Waals surface area contributed by atoms with Gasteiger partial charge in [0, 0.05) is 23.9 Å². The van der Waals surface area contributed by atoms with E-state index in [-0.39, 0.29) is 5.91 Å². The van der Waals surface area contributed by atoms with Gasteiger partial charge in [-0.15, -0.1) is 0 Å². The van der Waals surface area contributed by atoms with Crippen molar-refractivity contribution < 1.29 is 14.4 Å². The molecule has 1 atom stereocenters. The number of quaternary nitrogens is 1. The van der Waals surface area contributed by atoms with Gasteiger partial charge in [0.15, 0.2) is 0 Å². The lowest BCUT2D eigenvalue weighted by molar-refractivity contribution is -0.914. The molecule has 1 aliphatic heterocycles. The number of ether oxygens (including phenoxy) is 1. The van der Waals surface area contributed by atoms with Crippen molar-refractivity contribution in [3.63, 3.8) is 0 Å². The van der Waals surface area contributed by atoms with Crippen molar-refractivity contribution in [3.05, 3.63) is 70.9 Å². The number of hydrogen-bond acceptors (Lipinski definition) is 3. The molecule has 1 unspecified atom stereocenters. The number of carbonyl (C=O) groups excluding carboxylic acids is 1. The zero-order valence-electron chi connectivity index (χ0n) is 16.4. The van der Waals surface area contributed by atoms with E-state index in [4.69, 9.17) is 9.72 Å². The van der Waals surface area contributed by atoms with Crippen molar-refractivity contribution in [2.45, 2.75) is 26.4 Å². The Labute approximate surface area is 165 Å². The first kappa shape index (κ1) is 18.4. The number of fused-ring (bicyclic) bond motifs is 2. The molecule has 0 saturated carbocycles. The molecule has 2 N–H and O–H groups in total. The van der Waals surface area contributed by atoms with E-state index in [0.29, 0.717) is 6.54 Å². The molecule has 1 aliphatic rings. The quantitative estimate of drug-likeness (QED) is 0.717. The van der Waals surface area contributed by atoms with Crippen molar-refractivity contribution >= 4 is 16.8 Å². The molecule has 4 rings (SSSR count). The largest absolute Gasteiger partial charge is 0.497 e. The number of benzene rings is 2. The molecule has 0 saturated heterocycles. The fraction of sp³-hybridized carbons (Fsp3) is 0.304. The van der Waals surface area contributed by atoms with E-state index < -0.39 is 0 Å². The fourth-order valence-electron chi connectivity index (χ4n) is 3.91. The van der Waals surface area contributed by atoms with Crippen molar-refractivity contribution in [3.8, 4) is 5.75 Å². The highest BCUT2D eigenvalue weighted by Gasteiger charge is 2.27. The van der Waals surface area contributed by atoms with Gasteiger partial charge in [-0.25, -0.2) is 0 Å². The molecule has 5 heteroatoms. The third-order valence-electron chi connectivity index (χ3n) is 5.56. The molecule has 1 amide bonds. The molecule has 144 valence electrons. The number of likely N-dealkylation sites (N-methyl/N-ethyl adjacent to an activating group) is 1. The van der Waals surface area contributed by atoms with Crippen LogP contribution in [0.3, 0.4) is 0 Å². The van der Waals surface area contributed by atoms with Crippen molar-refractivity contribution in [2.75, 3.05) is 20.2 Å². The van der Waals surface area contributed by atoms with E-state index in [1.54, 1.807) is 7.11 Å². The van der Waals surface area contributed by atoms with Gasteiger partial charge in [-0.3, -0.25) is 9.78 Å². The van der Waals surface area contributed by atoms with E-state index in [0.717, 1.165) is 65.1 Å². The smallest absolute Gasteiger partial charge is 0.252 e. The minimum atomic E-state index is -0.0250. The van der Waals surface area contributed by atoms with Crippen LogP contribution in [-0.4, -0.2) is 31.1 Å². The van der Waals surface area contributed by atoms with E-state index in [9.17, 15) is 4.79 Å². The number of hydrogen-bond donors (Lipinski definition) is 2. The fourth-order valence-corrected chi connectivity index (χ4v) is 3.91. The molecule has 0 aliphatic carbocycles. The highest BCUT2D eigenvalue weighted by atomic mass is 16.5. The predicted octanol–water partition coefficient (Wildman–Crippen LogP) is 2.13. The Hall–Kier alpha value is -2.92. The summed E-state index contributed by atoms with van der Waals surface area (Å²) in [5, 5.41) is 4.05. The molecule has 2 heterocycles. The second-order valence-electron chi connectivity index (χ2n) is 7.24. The Morgan fingerprint density at radius 1 is 1.18 bits per heavy atom. The first-order chi connectivity index (χ1) is 13.7. The van der Waals surface area contributed by atoms with E-state index in [1.165, 1.54) is 4.90 Å². The van der Waals surface area contributed by atoms with Crippen LogP contribution >= 0.6 is 0 Å². The molecule has 0 fully saturated rings. The van der Waals surface area contributed by atoms with Crippen LogP contribution in [0.1, 0.15) is 34.1 Å². The van der Waals surface area contributed by atoms with Crippen molar-refractivity contribution in [2.24, 2.45) is 0 Å². The lowest BCUT2D eigenvalue weighted by atomic mass is 9.95. The summed E-state index contributed by atoms with van der Waals surface area (Å²) in [7, 11) is 1.65. The Bertz CT molecular complexity index is 999. The van der Waals surface area contributed by atoms with Crippen LogP contribution in [0.25, 0.3) is 10.9 Å². The van der Waals surface area contributed by atoms with E-state index in [1.807, 2.05) is 48.5 Å². The van der Waals surface area contributed by atoms with Crippen LogP contribution in [0.5, 0.6) is 5.75 Å². The van der Waals surface area contributed by atoms with Gasteiger partial charge in [0.05, 0.1) is 37.0 Å². The number of carbonyl (C=O) groups is 1.